The fourth-order valence-corrected chi connectivity index (χ4v) is 3.67. The lowest BCUT2D eigenvalue weighted by Gasteiger charge is -2.33. The van der Waals surface area contributed by atoms with Crippen molar-refractivity contribution in [3.8, 4) is 0 Å². The number of alkyl halides is 3. The van der Waals surface area contributed by atoms with E-state index >= 15 is 0 Å². The third-order valence-corrected chi connectivity index (χ3v) is 5.52. The molecule has 2 aromatic rings. The number of nitrogens with zero attached hydrogens (tertiary/aromatic N) is 1. The summed E-state index contributed by atoms with van der Waals surface area (Å²) < 4.78 is 38.2. The van der Waals surface area contributed by atoms with Crippen molar-refractivity contribution in [2.75, 3.05) is 23.3 Å². The lowest BCUT2D eigenvalue weighted by Crippen LogP contribution is -2.36. The van der Waals surface area contributed by atoms with Gasteiger partial charge in [-0.3, -0.25) is 9.59 Å². The Labute approximate surface area is 186 Å². The van der Waals surface area contributed by atoms with Gasteiger partial charge in [0.1, 0.15) is 0 Å². The van der Waals surface area contributed by atoms with Crippen molar-refractivity contribution in [3.05, 3.63) is 59.2 Å². The Kier molecular flexibility index (Phi) is 7.11. The highest BCUT2D eigenvalue weighted by molar-refractivity contribution is 6.06. The molecule has 0 aliphatic carbocycles. The molecule has 0 radical (unpaired) electrons. The van der Waals surface area contributed by atoms with Crippen molar-refractivity contribution < 1.29 is 22.8 Å². The van der Waals surface area contributed by atoms with E-state index in [4.69, 9.17) is 0 Å². The molecule has 0 saturated carbocycles. The number of anilines is 2. The Hall–Kier alpha value is -3.03. The number of rotatable bonds is 5. The average molecular weight is 448 g/mol. The van der Waals surface area contributed by atoms with Crippen LogP contribution >= 0.6 is 0 Å². The van der Waals surface area contributed by atoms with Gasteiger partial charge in [-0.1, -0.05) is 6.92 Å². The van der Waals surface area contributed by atoms with Crippen LogP contribution in [-0.4, -0.2) is 30.9 Å². The first-order valence-electron chi connectivity index (χ1n) is 10.7. The Morgan fingerprint density at radius 2 is 1.62 bits per heavy atom. The van der Waals surface area contributed by atoms with E-state index in [-0.39, 0.29) is 17.5 Å². The van der Waals surface area contributed by atoms with E-state index in [2.05, 4.69) is 22.5 Å². The Bertz CT molecular complexity index is 963. The maximum atomic E-state index is 12.9. The van der Waals surface area contributed by atoms with Crippen LogP contribution in [0.15, 0.2) is 42.5 Å². The second-order valence-corrected chi connectivity index (χ2v) is 8.56. The van der Waals surface area contributed by atoms with E-state index in [1.54, 1.807) is 12.1 Å². The number of benzene rings is 2. The summed E-state index contributed by atoms with van der Waals surface area (Å²) in [5.74, 6) is -0.144. The molecule has 3 rings (SSSR count). The minimum atomic E-state index is -4.46. The number of hydrogen-bond donors (Lipinski definition) is 2. The molecule has 2 N–H and O–H groups in total. The van der Waals surface area contributed by atoms with E-state index in [0.29, 0.717) is 17.2 Å². The minimum Gasteiger partial charge on any atom is -0.371 e. The molecular formula is C24H28F3N3O2. The molecule has 0 spiro atoms. The van der Waals surface area contributed by atoms with Gasteiger partial charge in [-0.25, -0.2) is 0 Å². The number of amides is 2. The summed E-state index contributed by atoms with van der Waals surface area (Å²) in [4.78, 5) is 27.6. The van der Waals surface area contributed by atoms with Crippen LogP contribution < -0.4 is 15.5 Å². The third kappa shape index (κ3) is 5.81. The van der Waals surface area contributed by atoms with Crippen LogP contribution in [0.1, 0.15) is 59.9 Å². The van der Waals surface area contributed by atoms with Crippen molar-refractivity contribution in [2.45, 2.75) is 45.8 Å². The van der Waals surface area contributed by atoms with Crippen LogP contribution in [0, 0.1) is 5.92 Å². The van der Waals surface area contributed by atoms with Crippen molar-refractivity contribution in [1.29, 1.82) is 0 Å². The molecule has 1 saturated heterocycles. The van der Waals surface area contributed by atoms with E-state index in [9.17, 15) is 22.8 Å². The number of carbonyl (C=O) groups is 2. The summed E-state index contributed by atoms with van der Waals surface area (Å²) in [6.07, 6.45) is -2.38. The summed E-state index contributed by atoms with van der Waals surface area (Å²) in [6, 6.07) is 9.10. The first kappa shape index (κ1) is 23.6. The maximum Gasteiger partial charge on any atom is 0.416 e. The van der Waals surface area contributed by atoms with Gasteiger partial charge in [-0.2, -0.15) is 13.2 Å². The summed E-state index contributed by atoms with van der Waals surface area (Å²) in [5.41, 5.74) is 0.946. The number of halogens is 3. The third-order valence-electron chi connectivity index (χ3n) is 5.52. The second-order valence-electron chi connectivity index (χ2n) is 8.56. The highest BCUT2D eigenvalue weighted by Crippen LogP contribution is 2.30. The van der Waals surface area contributed by atoms with E-state index < -0.39 is 17.6 Å². The number of hydrogen-bond acceptors (Lipinski definition) is 3. The van der Waals surface area contributed by atoms with E-state index in [1.165, 1.54) is 0 Å². The predicted molar refractivity (Wildman–Crippen MR) is 119 cm³/mol. The zero-order valence-electron chi connectivity index (χ0n) is 18.4. The fourth-order valence-electron chi connectivity index (χ4n) is 3.67. The number of nitrogens with one attached hydrogen (secondary N) is 2. The molecule has 1 fully saturated rings. The summed E-state index contributed by atoms with van der Waals surface area (Å²) in [7, 11) is 0. The molecule has 0 bridgehead atoms. The maximum absolute atomic E-state index is 12.9. The topological polar surface area (TPSA) is 61.4 Å². The van der Waals surface area contributed by atoms with Crippen molar-refractivity contribution in [2.24, 2.45) is 5.92 Å². The highest BCUT2D eigenvalue weighted by Gasteiger charge is 2.30. The molecule has 2 aromatic carbocycles. The van der Waals surface area contributed by atoms with Gasteiger partial charge in [0.25, 0.3) is 11.8 Å². The van der Waals surface area contributed by atoms with Crippen LogP contribution in [-0.2, 0) is 6.18 Å². The Morgan fingerprint density at radius 3 is 2.19 bits per heavy atom. The van der Waals surface area contributed by atoms with Gasteiger partial charge >= 0.3 is 6.18 Å². The van der Waals surface area contributed by atoms with Crippen molar-refractivity contribution in [3.63, 3.8) is 0 Å². The van der Waals surface area contributed by atoms with Gasteiger partial charge in [0, 0.05) is 36.1 Å². The number of piperidine rings is 1. The Morgan fingerprint density at radius 1 is 1.00 bits per heavy atom. The predicted octanol–water partition coefficient (Wildman–Crippen LogP) is 5.33. The fraction of sp³-hybridized carbons (Fsp3) is 0.417. The normalized spacial score (nSPS) is 15.0. The molecule has 1 aliphatic heterocycles. The molecule has 2 amide bonds. The van der Waals surface area contributed by atoms with E-state index in [0.717, 1.165) is 55.9 Å². The average Bonchev–Trinajstić information content (AvgIpc) is 2.73. The monoisotopic (exact) mass is 447 g/mol. The lowest BCUT2D eigenvalue weighted by molar-refractivity contribution is -0.137. The van der Waals surface area contributed by atoms with Gasteiger partial charge < -0.3 is 15.5 Å². The van der Waals surface area contributed by atoms with Gasteiger partial charge in [0.05, 0.1) is 11.1 Å². The molecule has 1 heterocycles. The van der Waals surface area contributed by atoms with Gasteiger partial charge in [-0.05, 0) is 75.1 Å². The van der Waals surface area contributed by atoms with Crippen LogP contribution in [0.5, 0.6) is 0 Å². The number of carbonyl (C=O) groups excluding carboxylic acids is 2. The molecule has 1 aliphatic rings. The molecule has 8 heteroatoms. The smallest absolute Gasteiger partial charge is 0.371 e. The zero-order valence-corrected chi connectivity index (χ0v) is 18.4. The molecule has 0 aromatic heterocycles. The van der Waals surface area contributed by atoms with Crippen LogP contribution in [0.25, 0.3) is 0 Å². The van der Waals surface area contributed by atoms with Gasteiger partial charge in [0.2, 0.25) is 0 Å². The summed E-state index contributed by atoms with van der Waals surface area (Å²) in [5, 5.41) is 5.58. The molecule has 172 valence electrons. The van der Waals surface area contributed by atoms with Gasteiger partial charge in [0.15, 0.2) is 0 Å². The molecule has 5 nitrogen and oxygen atoms in total. The first-order valence-corrected chi connectivity index (χ1v) is 10.7. The van der Waals surface area contributed by atoms with Gasteiger partial charge in [-0.15, -0.1) is 0 Å². The lowest BCUT2D eigenvalue weighted by atomic mass is 9.97. The standard InChI is InChI=1S/C24H28F3N3O2/c1-15(2)28-23(32)20-14-19(8-9-21(20)30-12-10-16(3)11-13-30)29-22(31)17-4-6-18(7-5-17)24(25,26)27/h4-9,14-16H,10-13H2,1-3H3,(H,28,32)(H,29,31). The zero-order chi connectivity index (χ0) is 23.5. The van der Waals surface area contributed by atoms with Crippen molar-refractivity contribution in [1.82, 2.24) is 5.32 Å². The molecule has 32 heavy (non-hydrogen) atoms. The molecule has 0 unspecified atom stereocenters. The second kappa shape index (κ2) is 9.63. The van der Waals surface area contributed by atoms with E-state index in [1.807, 2.05) is 19.9 Å². The molecule has 0 atom stereocenters. The quantitative estimate of drug-likeness (QED) is 0.651. The van der Waals surface area contributed by atoms with Crippen LogP contribution in [0.3, 0.4) is 0 Å². The largest absolute Gasteiger partial charge is 0.416 e. The first-order chi connectivity index (χ1) is 15.0. The van der Waals surface area contributed by atoms with Crippen LogP contribution in [0.4, 0.5) is 24.5 Å². The minimum absolute atomic E-state index is 0.0536. The van der Waals surface area contributed by atoms with Crippen LogP contribution in [0.2, 0.25) is 0 Å². The SMILES string of the molecule is CC1CCN(c2ccc(NC(=O)c3ccc(C(F)(F)F)cc3)cc2C(=O)NC(C)C)CC1. The Balaban J connectivity index is 1.83. The molecular weight excluding hydrogens is 419 g/mol. The highest BCUT2D eigenvalue weighted by atomic mass is 19.4. The van der Waals surface area contributed by atoms with Crippen molar-refractivity contribution >= 4 is 23.2 Å². The summed E-state index contributed by atoms with van der Waals surface area (Å²) >= 11 is 0. The summed E-state index contributed by atoms with van der Waals surface area (Å²) in [6.45, 7) is 7.65.